The summed E-state index contributed by atoms with van der Waals surface area (Å²) in [5.74, 6) is -0.159. The molecule has 0 heterocycles. The molecule has 0 bridgehead atoms. The maximum atomic E-state index is 12.3. The molecule has 0 unspecified atom stereocenters. The van der Waals surface area contributed by atoms with Gasteiger partial charge in [0.15, 0.2) is 11.5 Å². The van der Waals surface area contributed by atoms with Crippen molar-refractivity contribution in [3.63, 3.8) is 0 Å². The van der Waals surface area contributed by atoms with E-state index in [0.717, 1.165) is 5.56 Å². The lowest BCUT2D eigenvalue weighted by Gasteiger charge is -2.10. The number of hydrogen-bond acceptors (Lipinski definition) is 3. The highest BCUT2D eigenvalue weighted by Gasteiger charge is 2.10. The minimum Gasteiger partial charge on any atom is -0.493 e. The number of amides is 1. The molecule has 0 radical (unpaired) electrons. The quantitative estimate of drug-likeness (QED) is 0.693. The minimum atomic E-state index is -2.93. The number of methoxy groups -OCH3 is 1. The molecule has 2 aromatic carbocycles. The van der Waals surface area contributed by atoms with Crippen LogP contribution in [0.2, 0.25) is 5.02 Å². The van der Waals surface area contributed by atoms with Crippen LogP contribution in [0.25, 0.3) is 6.08 Å². The average Bonchev–Trinajstić information content (AvgIpc) is 2.62. The number of halogens is 3. The largest absolute Gasteiger partial charge is 0.493 e. The molecule has 0 saturated heterocycles. The van der Waals surface area contributed by atoms with E-state index in [1.807, 2.05) is 12.1 Å². The van der Waals surface area contributed by atoms with Crippen LogP contribution in [0.3, 0.4) is 0 Å². The maximum Gasteiger partial charge on any atom is 0.387 e. The van der Waals surface area contributed by atoms with Crippen LogP contribution in [0.5, 0.6) is 11.5 Å². The first kappa shape index (κ1) is 19.7. The van der Waals surface area contributed by atoms with Gasteiger partial charge in [-0.2, -0.15) is 8.78 Å². The Balaban J connectivity index is 1.87. The van der Waals surface area contributed by atoms with Crippen LogP contribution < -0.4 is 14.8 Å². The first-order valence-electron chi connectivity index (χ1n) is 7.81. The van der Waals surface area contributed by atoms with Crippen LogP contribution in [0.1, 0.15) is 11.1 Å². The van der Waals surface area contributed by atoms with Crippen molar-refractivity contribution in [3.05, 3.63) is 64.7 Å². The molecule has 0 saturated carbocycles. The lowest BCUT2D eigenvalue weighted by molar-refractivity contribution is -0.116. The van der Waals surface area contributed by atoms with E-state index in [-0.39, 0.29) is 17.4 Å². The van der Waals surface area contributed by atoms with Gasteiger partial charge in [-0.3, -0.25) is 4.79 Å². The molecule has 0 fully saturated rings. The number of nitrogens with one attached hydrogen (secondary N) is 1. The van der Waals surface area contributed by atoms with E-state index < -0.39 is 6.61 Å². The van der Waals surface area contributed by atoms with Crippen molar-refractivity contribution < 1.29 is 23.0 Å². The topological polar surface area (TPSA) is 47.6 Å². The fourth-order valence-corrected chi connectivity index (χ4v) is 2.32. The molecule has 2 rings (SSSR count). The van der Waals surface area contributed by atoms with Crippen LogP contribution >= 0.6 is 11.6 Å². The van der Waals surface area contributed by atoms with Crippen LogP contribution in [0.4, 0.5) is 8.78 Å². The fourth-order valence-electron chi connectivity index (χ4n) is 2.19. The van der Waals surface area contributed by atoms with Crippen molar-refractivity contribution in [2.24, 2.45) is 0 Å². The summed E-state index contributed by atoms with van der Waals surface area (Å²) in [5, 5.41) is 3.44. The normalized spacial score (nSPS) is 11.0. The molecule has 0 aliphatic heterocycles. The van der Waals surface area contributed by atoms with Gasteiger partial charge in [0.05, 0.1) is 7.11 Å². The molecule has 0 spiro atoms. The van der Waals surface area contributed by atoms with Crippen molar-refractivity contribution in [2.45, 2.75) is 13.0 Å². The predicted molar refractivity (Wildman–Crippen MR) is 96.8 cm³/mol. The predicted octanol–water partition coefficient (Wildman–Crippen LogP) is 4.32. The molecule has 0 aromatic heterocycles. The molecule has 2 aromatic rings. The van der Waals surface area contributed by atoms with E-state index in [1.165, 1.54) is 25.3 Å². The van der Waals surface area contributed by atoms with Gasteiger partial charge in [0.2, 0.25) is 5.91 Å². The lowest BCUT2D eigenvalue weighted by Crippen LogP contribution is -2.23. The molecule has 138 valence electrons. The second-order valence-corrected chi connectivity index (χ2v) is 5.73. The Morgan fingerprint density at radius 3 is 2.58 bits per heavy atom. The molecular weight excluding hydrogens is 364 g/mol. The Kier molecular flexibility index (Phi) is 7.41. The first-order chi connectivity index (χ1) is 12.5. The summed E-state index contributed by atoms with van der Waals surface area (Å²) < 4.78 is 34.0. The summed E-state index contributed by atoms with van der Waals surface area (Å²) in [6.45, 7) is -2.45. The number of rotatable bonds is 8. The van der Waals surface area contributed by atoms with Gasteiger partial charge in [-0.25, -0.2) is 0 Å². The molecule has 7 heteroatoms. The molecule has 4 nitrogen and oxygen atoms in total. The van der Waals surface area contributed by atoms with Gasteiger partial charge in [-0.05, 0) is 47.9 Å². The van der Waals surface area contributed by atoms with Crippen LogP contribution in [-0.2, 0) is 11.2 Å². The Morgan fingerprint density at radius 2 is 1.92 bits per heavy atom. The Hall–Kier alpha value is -2.60. The lowest BCUT2D eigenvalue weighted by atomic mass is 10.1. The second kappa shape index (κ2) is 9.77. The van der Waals surface area contributed by atoms with Crippen LogP contribution in [0.15, 0.2) is 48.5 Å². The molecule has 1 N–H and O–H groups in total. The van der Waals surface area contributed by atoms with Crippen LogP contribution in [0, 0.1) is 0 Å². The summed E-state index contributed by atoms with van der Waals surface area (Å²) in [4.78, 5) is 11.9. The first-order valence-corrected chi connectivity index (χ1v) is 8.19. The van der Waals surface area contributed by atoms with Gasteiger partial charge in [-0.1, -0.05) is 29.8 Å². The summed E-state index contributed by atoms with van der Waals surface area (Å²) in [7, 11) is 1.35. The number of carbonyl (C=O) groups is 1. The van der Waals surface area contributed by atoms with Gasteiger partial charge in [0.25, 0.3) is 0 Å². The summed E-state index contributed by atoms with van der Waals surface area (Å²) in [5.41, 5.74) is 1.69. The molecule has 0 atom stereocenters. The van der Waals surface area contributed by atoms with Crippen molar-refractivity contribution >= 4 is 23.6 Å². The van der Waals surface area contributed by atoms with E-state index in [9.17, 15) is 13.6 Å². The zero-order chi connectivity index (χ0) is 18.9. The SMILES string of the molecule is COc1cc(/C=C/C(=O)NCCc2ccc(Cl)cc2)ccc1OC(F)F. The summed E-state index contributed by atoms with van der Waals surface area (Å²) >= 11 is 5.82. The highest BCUT2D eigenvalue weighted by atomic mass is 35.5. The van der Waals surface area contributed by atoms with Crippen molar-refractivity contribution in [1.29, 1.82) is 0 Å². The monoisotopic (exact) mass is 381 g/mol. The van der Waals surface area contributed by atoms with Crippen molar-refractivity contribution in [3.8, 4) is 11.5 Å². The minimum absolute atomic E-state index is 0.0629. The van der Waals surface area contributed by atoms with E-state index in [0.29, 0.717) is 23.6 Å². The Labute approximate surface area is 155 Å². The zero-order valence-corrected chi connectivity index (χ0v) is 14.8. The zero-order valence-electron chi connectivity index (χ0n) is 14.0. The number of benzene rings is 2. The van der Waals surface area contributed by atoms with Gasteiger partial charge < -0.3 is 14.8 Å². The third-order valence-electron chi connectivity index (χ3n) is 3.46. The Morgan fingerprint density at radius 1 is 1.19 bits per heavy atom. The van der Waals surface area contributed by atoms with Gasteiger partial charge in [0, 0.05) is 17.6 Å². The molecule has 0 aliphatic carbocycles. The smallest absolute Gasteiger partial charge is 0.387 e. The van der Waals surface area contributed by atoms with Gasteiger partial charge in [0.1, 0.15) is 0 Å². The standard InChI is InChI=1S/C19H18ClF2NO3/c1-25-17-12-14(4-8-16(17)26-19(21)22)5-9-18(24)23-11-10-13-2-6-15(20)7-3-13/h2-9,12,19H,10-11H2,1H3,(H,23,24)/b9-5+. The maximum absolute atomic E-state index is 12.3. The summed E-state index contributed by atoms with van der Waals surface area (Å²) in [6.07, 6.45) is 3.61. The number of alkyl halides is 2. The second-order valence-electron chi connectivity index (χ2n) is 5.29. The third kappa shape index (κ3) is 6.37. The van der Waals surface area contributed by atoms with Crippen molar-refractivity contribution in [2.75, 3.05) is 13.7 Å². The van der Waals surface area contributed by atoms with E-state index in [2.05, 4.69) is 10.1 Å². The fraction of sp³-hybridized carbons (Fsp3) is 0.211. The number of hydrogen-bond donors (Lipinski definition) is 1. The van der Waals surface area contributed by atoms with Gasteiger partial charge >= 0.3 is 6.61 Å². The number of carbonyl (C=O) groups excluding carboxylic acids is 1. The molecular formula is C19H18ClF2NO3. The summed E-state index contributed by atoms with van der Waals surface area (Å²) in [6, 6.07) is 11.8. The number of ether oxygens (including phenoxy) is 2. The van der Waals surface area contributed by atoms with Crippen molar-refractivity contribution in [1.82, 2.24) is 5.32 Å². The van der Waals surface area contributed by atoms with Crippen LogP contribution in [-0.4, -0.2) is 26.2 Å². The van der Waals surface area contributed by atoms with E-state index >= 15 is 0 Å². The molecule has 26 heavy (non-hydrogen) atoms. The molecule has 1 amide bonds. The van der Waals surface area contributed by atoms with E-state index in [4.69, 9.17) is 16.3 Å². The third-order valence-corrected chi connectivity index (χ3v) is 3.71. The average molecular weight is 382 g/mol. The molecule has 0 aliphatic rings. The van der Waals surface area contributed by atoms with E-state index in [1.54, 1.807) is 24.3 Å². The Bertz CT molecular complexity index is 764. The highest BCUT2D eigenvalue weighted by molar-refractivity contribution is 6.30. The highest BCUT2D eigenvalue weighted by Crippen LogP contribution is 2.29. The van der Waals surface area contributed by atoms with Gasteiger partial charge in [-0.15, -0.1) is 0 Å².